The fraction of sp³-hybridized carbons (Fsp3) is 0.650. The van der Waals surface area contributed by atoms with Crippen molar-refractivity contribution in [2.45, 2.75) is 56.9 Å². The van der Waals surface area contributed by atoms with Gasteiger partial charge in [0.15, 0.2) is 0 Å². The Balaban J connectivity index is 1.82. The van der Waals surface area contributed by atoms with E-state index in [4.69, 9.17) is 21.1 Å². The Hall–Kier alpha value is -1.10. The lowest BCUT2D eigenvalue weighted by molar-refractivity contribution is -0.166. The molecule has 3 rings (SSSR count). The molecule has 0 N–H and O–H groups in total. The molecular formula is C20H28ClNO3. The van der Waals surface area contributed by atoms with Crippen LogP contribution in [0.4, 0.5) is 0 Å². The lowest BCUT2D eigenvalue weighted by Crippen LogP contribution is -2.55. The van der Waals surface area contributed by atoms with Crippen molar-refractivity contribution in [1.29, 1.82) is 0 Å². The van der Waals surface area contributed by atoms with Gasteiger partial charge in [0, 0.05) is 19.4 Å². The first kappa shape index (κ1) is 18.7. The molecule has 0 unspecified atom stereocenters. The number of carbonyl (C=O) groups is 1. The summed E-state index contributed by atoms with van der Waals surface area (Å²) in [5.74, 6) is 1.24. The first-order valence-electron chi connectivity index (χ1n) is 9.19. The highest BCUT2D eigenvalue weighted by Gasteiger charge is 2.55. The van der Waals surface area contributed by atoms with Crippen LogP contribution in [0.25, 0.3) is 0 Å². The van der Waals surface area contributed by atoms with Gasteiger partial charge in [-0.3, -0.25) is 4.79 Å². The van der Waals surface area contributed by atoms with Gasteiger partial charge in [0.25, 0.3) is 0 Å². The van der Waals surface area contributed by atoms with Gasteiger partial charge in [0.1, 0.15) is 11.8 Å². The maximum atomic E-state index is 13.0. The van der Waals surface area contributed by atoms with Crippen molar-refractivity contribution in [2.75, 3.05) is 19.6 Å². The SMILES string of the molecule is COC[C@H]1[C@H](c2ccccc2)O[C@]2(C)C[C@H](CCCCCl)CC(=O)N12. The Labute approximate surface area is 155 Å². The quantitative estimate of drug-likeness (QED) is 0.538. The van der Waals surface area contributed by atoms with E-state index in [1.54, 1.807) is 7.11 Å². The third-order valence-electron chi connectivity index (χ3n) is 5.43. The molecule has 2 saturated heterocycles. The second kappa shape index (κ2) is 8.07. The van der Waals surface area contributed by atoms with E-state index < -0.39 is 5.72 Å². The highest BCUT2D eigenvalue weighted by molar-refractivity contribution is 6.17. The van der Waals surface area contributed by atoms with Gasteiger partial charge in [-0.25, -0.2) is 0 Å². The van der Waals surface area contributed by atoms with E-state index in [9.17, 15) is 4.79 Å². The molecule has 2 aliphatic rings. The molecule has 4 nitrogen and oxygen atoms in total. The van der Waals surface area contributed by atoms with Crippen LogP contribution in [0.1, 0.15) is 50.7 Å². The summed E-state index contributed by atoms with van der Waals surface area (Å²) in [4.78, 5) is 14.9. The largest absolute Gasteiger partial charge is 0.382 e. The summed E-state index contributed by atoms with van der Waals surface area (Å²) in [6.45, 7) is 2.54. The molecule has 1 aromatic carbocycles. The molecule has 2 heterocycles. The second-order valence-electron chi connectivity index (χ2n) is 7.37. The van der Waals surface area contributed by atoms with Gasteiger partial charge in [0.05, 0.1) is 12.6 Å². The van der Waals surface area contributed by atoms with Gasteiger partial charge in [-0.2, -0.15) is 0 Å². The number of ether oxygens (including phenoxy) is 2. The van der Waals surface area contributed by atoms with Crippen molar-refractivity contribution >= 4 is 17.5 Å². The number of rotatable bonds is 7. The van der Waals surface area contributed by atoms with E-state index in [1.165, 1.54) is 0 Å². The van der Waals surface area contributed by atoms with Gasteiger partial charge in [-0.15, -0.1) is 11.6 Å². The van der Waals surface area contributed by atoms with Crippen LogP contribution >= 0.6 is 11.6 Å². The number of hydrogen-bond acceptors (Lipinski definition) is 3. The monoisotopic (exact) mass is 365 g/mol. The van der Waals surface area contributed by atoms with Gasteiger partial charge in [-0.05, 0) is 37.7 Å². The van der Waals surface area contributed by atoms with Gasteiger partial charge in [0.2, 0.25) is 5.91 Å². The predicted molar refractivity (Wildman–Crippen MR) is 98.5 cm³/mol. The average molecular weight is 366 g/mol. The van der Waals surface area contributed by atoms with Crippen LogP contribution in [0.15, 0.2) is 30.3 Å². The van der Waals surface area contributed by atoms with Crippen LogP contribution in [0.2, 0.25) is 0 Å². The van der Waals surface area contributed by atoms with Gasteiger partial charge >= 0.3 is 0 Å². The lowest BCUT2D eigenvalue weighted by atomic mass is 9.85. The molecule has 0 saturated carbocycles. The highest BCUT2D eigenvalue weighted by Crippen LogP contribution is 2.48. The minimum atomic E-state index is -0.551. The summed E-state index contributed by atoms with van der Waals surface area (Å²) in [6, 6.07) is 10.1. The Bertz CT molecular complexity index is 582. The van der Waals surface area contributed by atoms with Crippen molar-refractivity contribution in [1.82, 2.24) is 4.90 Å². The van der Waals surface area contributed by atoms with Gasteiger partial charge < -0.3 is 14.4 Å². The number of alkyl halides is 1. The molecule has 0 bridgehead atoms. The summed E-state index contributed by atoms with van der Waals surface area (Å²) in [5.41, 5.74) is 0.552. The minimum absolute atomic E-state index is 0.0753. The molecule has 1 aromatic rings. The molecular weight excluding hydrogens is 338 g/mol. The van der Waals surface area contributed by atoms with Crippen molar-refractivity contribution < 1.29 is 14.3 Å². The predicted octanol–water partition coefficient (Wildman–Crippen LogP) is 4.14. The number of nitrogens with zero attached hydrogens (tertiary/aromatic N) is 1. The first-order chi connectivity index (χ1) is 12.1. The van der Waals surface area contributed by atoms with E-state index in [0.29, 0.717) is 24.8 Å². The van der Waals surface area contributed by atoms with Crippen LogP contribution in [0.3, 0.4) is 0 Å². The number of unbranched alkanes of at least 4 members (excludes halogenated alkanes) is 1. The maximum Gasteiger partial charge on any atom is 0.225 e. The number of carbonyl (C=O) groups excluding carboxylic acids is 1. The average Bonchev–Trinajstić information content (AvgIpc) is 2.89. The molecule has 5 heteroatoms. The summed E-state index contributed by atoms with van der Waals surface area (Å²) in [7, 11) is 1.68. The van der Waals surface area contributed by atoms with E-state index >= 15 is 0 Å². The first-order valence-corrected chi connectivity index (χ1v) is 9.72. The fourth-order valence-corrected chi connectivity index (χ4v) is 4.63. The smallest absolute Gasteiger partial charge is 0.225 e. The number of hydrogen-bond donors (Lipinski definition) is 0. The zero-order valence-electron chi connectivity index (χ0n) is 15.1. The number of fused-ring (bicyclic) bond motifs is 1. The van der Waals surface area contributed by atoms with E-state index in [0.717, 1.165) is 31.2 Å². The minimum Gasteiger partial charge on any atom is -0.382 e. The maximum absolute atomic E-state index is 13.0. The molecule has 1 amide bonds. The third-order valence-corrected chi connectivity index (χ3v) is 5.70. The van der Waals surface area contributed by atoms with Crippen LogP contribution in [-0.2, 0) is 14.3 Å². The standard InChI is InChI=1S/C20H28ClNO3/c1-20-13-15(8-6-7-11-21)12-18(23)22(20)17(14-24-2)19(25-20)16-9-4-3-5-10-16/h3-5,9-10,15,17,19H,6-8,11-14H2,1-2H3/t15-,17+,19+,20-/m1/s1. The zero-order chi connectivity index (χ0) is 17.9. The Kier molecular flexibility index (Phi) is 6.03. The van der Waals surface area contributed by atoms with Crippen molar-refractivity contribution in [2.24, 2.45) is 5.92 Å². The number of benzene rings is 1. The van der Waals surface area contributed by atoms with Crippen LogP contribution in [-0.4, -0.2) is 42.2 Å². The molecule has 0 aromatic heterocycles. The molecule has 2 aliphatic heterocycles. The number of halogens is 1. The molecule has 138 valence electrons. The molecule has 0 spiro atoms. The number of amides is 1. The topological polar surface area (TPSA) is 38.8 Å². The number of methoxy groups -OCH3 is 1. The Morgan fingerprint density at radius 2 is 2.08 bits per heavy atom. The molecule has 4 atom stereocenters. The third kappa shape index (κ3) is 3.86. The van der Waals surface area contributed by atoms with Crippen molar-refractivity contribution in [3.63, 3.8) is 0 Å². The Morgan fingerprint density at radius 1 is 1.32 bits per heavy atom. The lowest BCUT2D eigenvalue weighted by Gasteiger charge is -2.43. The number of piperidine rings is 1. The second-order valence-corrected chi connectivity index (χ2v) is 7.75. The van der Waals surface area contributed by atoms with Crippen LogP contribution in [0.5, 0.6) is 0 Å². The summed E-state index contributed by atoms with van der Waals surface area (Å²) < 4.78 is 11.9. The molecule has 0 aliphatic carbocycles. The normalized spacial score (nSPS) is 32.0. The highest BCUT2D eigenvalue weighted by atomic mass is 35.5. The van der Waals surface area contributed by atoms with E-state index in [2.05, 4.69) is 19.1 Å². The molecule has 25 heavy (non-hydrogen) atoms. The van der Waals surface area contributed by atoms with Gasteiger partial charge in [-0.1, -0.05) is 36.8 Å². The molecule has 0 radical (unpaired) electrons. The zero-order valence-corrected chi connectivity index (χ0v) is 15.9. The van der Waals surface area contributed by atoms with E-state index in [1.807, 2.05) is 23.1 Å². The van der Waals surface area contributed by atoms with Crippen LogP contribution < -0.4 is 0 Å². The summed E-state index contributed by atoms with van der Waals surface area (Å²) in [6.07, 6.45) is 4.45. The van der Waals surface area contributed by atoms with Crippen molar-refractivity contribution in [3.8, 4) is 0 Å². The summed E-state index contributed by atoms with van der Waals surface area (Å²) in [5, 5.41) is 0. The fourth-order valence-electron chi connectivity index (χ4n) is 4.44. The Morgan fingerprint density at radius 3 is 2.76 bits per heavy atom. The van der Waals surface area contributed by atoms with E-state index in [-0.39, 0.29) is 18.1 Å². The van der Waals surface area contributed by atoms with Crippen molar-refractivity contribution in [3.05, 3.63) is 35.9 Å². The van der Waals surface area contributed by atoms with Crippen LogP contribution in [0, 0.1) is 5.92 Å². The summed E-state index contributed by atoms with van der Waals surface area (Å²) >= 11 is 5.79. The molecule has 2 fully saturated rings.